The van der Waals surface area contributed by atoms with Crippen molar-refractivity contribution in [1.29, 1.82) is 0 Å². The number of hydrogen-bond donors (Lipinski definition) is 3. The maximum Gasteiger partial charge on any atom is 0.277 e. The first-order chi connectivity index (χ1) is 14.7. The summed E-state index contributed by atoms with van der Waals surface area (Å²) in [6, 6.07) is 5.78. The van der Waals surface area contributed by atoms with Gasteiger partial charge in [0.2, 0.25) is 0 Å². The van der Waals surface area contributed by atoms with E-state index in [1.54, 1.807) is 23.8 Å². The minimum atomic E-state index is -0.361. The lowest BCUT2D eigenvalue weighted by atomic mass is 10.2. The molecular weight excluding hydrogens is 400 g/mol. The summed E-state index contributed by atoms with van der Waals surface area (Å²) in [7, 11) is 0. The Morgan fingerprint density at radius 2 is 1.80 bits per heavy atom. The van der Waals surface area contributed by atoms with E-state index in [2.05, 4.69) is 30.9 Å². The lowest BCUT2D eigenvalue weighted by Gasteiger charge is -2.13. The zero-order valence-electron chi connectivity index (χ0n) is 16.1. The van der Waals surface area contributed by atoms with Crippen LogP contribution in [0.25, 0.3) is 0 Å². The number of rotatable bonds is 7. The lowest BCUT2D eigenvalue weighted by Crippen LogP contribution is -2.26. The smallest absolute Gasteiger partial charge is 0.277 e. The fraction of sp³-hybridized carbons (Fsp3) is 0.286. The third-order valence-electron chi connectivity index (χ3n) is 5.02. The molecule has 0 radical (unpaired) electrons. The van der Waals surface area contributed by atoms with E-state index < -0.39 is 0 Å². The van der Waals surface area contributed by atoms with E-state index >= 15 is 0 Å². The largest absolute Gasteiger partial charge is 0.351 e. The normalized spacial score (nSPS) is 15.5. The van der Waals surface area contributed by atoms with Crippen molar-refractivity contribution in [3.8, 4) is 0 Å². The van der Waals surface area contributed by atoms with Crippen LogP contribution >= 0.6 is 11.3 Å². The van der Waals surface area contributed by atoms with Gasteiger partial charge in [0.25, 0.3) is 11.8 Å². The van der Waals surface area contributed by atoms with Crippen LogP contribution in [-0.4, -0.2) is 32.8 Å². The lowest BCUT2D eigenvalue weighted by molar-refractivity contribution is 0.0952. The van der Waals surface area contributed by atoms with Crippen molar-refractivity contribution < 1.29 is 9.59 Å². The summed E-state index contributed by atoms with van der Waals surface area (Å²) in [5.74, 6) is -0.111. The van der Waals surface area contributed by atoms with Crippen LogP contribution in [0.1, 0.15) is 58.1 Å². The monoisotopic (exact) mass is 420 g/mol. The van der Waals surface area contributed by atoms with Gasteiger partial charge in [-0.15, -0.1) is 11.3 Å². The van der Waals surface area contributed by atoms with E-state index in [0.29, 0.717) is 27.9 Å². The molecule has 0 bridgehead atoms. The number of thiophene rings is 1. The van der Waals surface area contributed by atoms with Crippen molar-refractivity contribution in [3.05, 3.63) is 59.3 Å². The Labute approximate surface area is 177 Å². The molecule has 0 spiro atoms. The van der Waals surface area contributed by atoms with Gasteiger partial charge in [-0.1, -0.05) is 0 Å². The number of anilines is 3. The minimum Gasteiger partial charge on any atom is -0.351 e. The van der Waals surface area contributed by atoms with Crippen LogP contribution in [-0.2, 0) is 0 Å². The summed E-state index contributed by atoms with van der Waals surface area (Å²) < 4.78 is 0. The summed E-state index contributed by atoms with van der Waals surface area (Å²) in [5.41, 5.74) is 2.89. The van der Waals surface area contributed by atoms with E-state index in [4.69, 9.17) is 0 Å². The minimum absolute atomic E-state index is 0.159. The van der Waals surface area contributed by atoms with Gasteiger partial charge in [0.15, 0.2) is 5.69 Å². The van der Waals surface area contributed by atoms with Gasteiger partial charge >= 0.3 is 0 Å². The van der Waals surface area contributed by atoms with E-state index in [1.807, 2.05) is 12.1 Å². The van der Waals surface area contributed by atoms with Crippen molar-refractivity contribution >= 4 is 39.5 Å². The molecular formula is C21H20N6O2S. The van der Waals surface area contributed by atoms with Crippen LogP contribution in [0.2, 0.25) is 0 Å². The Hall–Kier alpha value is -3.33. The number of amides is 2. The average molecular weight is 420 g/mol. The molecule has 2 aliphatic carbocycles. The molecule has 2 amide bonds. The van der Waals surface area contributed by atoms with Crippen LogP contribution in [0, 0.1) is 0 Å². The van der Waals surface area contributed by atoms with E-state index in [0.717, 1.165) is 31.4 Å². The zero-order valence-corrected chi connectivity index (χ0v) is 16.9. The molecule has 9 heteroatoms. The Morgan fingerprint density at radius 3 is 2.53 bits per heavy atom. The maximum absolute atomic E-state index is 13.2. The Morgan fingerprint density at radius 1 is 1.00 bits per heavy atom. The van der Waals surface area contributed by atoms with Gasteiger partial charge in [-0.25, -0.2) is 15.0 Å². The third-order valence-corrected chi connectivity index (χ3v) is 5.85. The molecule has 0 atom stereocenters. The number of nitrogens with one attached hydrogen (secondary N) is 3. The molecule has 0 saturated heterocycles. The average Bonchev–Trinajstić information content (AvgIpc) is 3.69. The van der Waals surface area contributed by atoms with Gasteiger partial charge in [0.1, 0.15) is 11.3 Å². The molecule has 3 aromatic heterocycles. The van der Waals surface area contributed by atoms with E-state index in [1.165, 1.54) is 17.7 Å². The molecule has 8 nitrogen and oxygen atoms in total. The molecule has 152 valence electrons. The predicted molar refractivity (Wildman–Crippen MR) is 114 cm³/mol. The Balaban J connectivity index is 1.41. The molecule has 3 aromatic rings. The van der Waals surface area contributed by atoms with E-state index in [-0.39, 0.29) is 23.6 Å². The number of carbonyl (C=O) groups excluding carboxylic acids is 2. The van der Waals surface area contributed by atoms with Gasteiger partial charge in [-0.2, -0.15) is 0 Å². The molecule has 30 heavy (non-hydrogen) atoms. The number of aromatic nitrogens is 3. The molecule has 0 aromatic carbocycles. The van der Waals surface area contributed by atoms with Crippen LogP contribution in [0.5, 0.6) is 0 Å². The molecule has 5 rings (SSSR count). The van der Waals surface area contributed by atoms with Gasteiger partial charge in [0.05, 0.1) is 29.3 Å². The SMILES string of the molecule is O=C(NC1CC1)c1ccsc1NC(=O)c1nc(C2CC2)ccc1Nc1cncnc1. The van der Waals surface area contributed by atoms with Gasteiger partial charge in [-0.05, 0) is 49.3 Å². The second kappa shape index (κ2) is 7.83. The van der Waals surface area contributed by atoms with Crippen molar-refractivity contribution in [2.45, 2.75) is 37.6 Å². The topological polar surface area (TPSA) is 109 Å². The van der Waals surface area contributed by atoms with Gasteiger partial charge in [0, 0.05) is 17.7 Å². The number of nitrogens with zero attached hydrogens (tertiary/aromatic N) is 3. The molecule has 2 saturated carbocycles. The number of pyridine rings is 1. The summed E-state index contributed by atoms with van der Waals surface area (Å²) in [5, 5.41) is 11.3. The highest BCUT2D eigenvalue weighted by atomic mass is 32.1. The third kappa shape index (κ3) is 4.16. The first-order valence-electron chi connectivity index (χ1n) is 9.90. The summed E-state index contributed by atoms with van der Waals surface area (Å²) in [4.78, 5) is 38.2. The molecule has 0 unspecified atom stereocenters. The first kappa shape index (κ1) is 18.7. The standard InChI is InChI=1S/C21H20N6O2S/c28-19(25-13-3-4-13)15-7-8-30-21(15)27-20(29)18-17(24-14-9-22-11-23-10-14)6-5-16(26-18)12-1-2-12/h5-13,24H,1-4H2,(H,25,28)(H,27,29). The van der Waals surface area contributed by atoms with Crippen molar-refractivity contribution in [2.24, 2.45) is 0 Å². The summed E-state index contributed by atoms with van der Waals surface area (Å²) in [6.45, 7) is 0. The molecule has 3 heterocycles. The zero-order chi connectivity index (χ0) is 20.5. The second-order valence-electron chi connectivity index (χ2n) is 7.52. The Kier molecular flexibility index (Phi) is 4.88. The molecule has 3 N–H and O–H groups in total. The van der Waals surface area contributed by atoms with Gasteiger partial charge < -0.3 is 16.0 Å². The van der Waals surface area contributed by atoms with Gasteiger partial charge in [-0.3, -0.25) is 9.59 Å². The summed E-state index contributed by atoms with van der Waals surface area (Å²) in [6.07, 6.45) is 8.89. The first-order valence-corrected chi connectivity index (χ1v) is 10.8. The quantitative estimate of drug-likeness (QED) is 0.538. The van der Waals surface area contributed by atoms with E-state index in [9.17, 15) is 9.59 Å². The van der Waals surface area contributed by atoms with Crippen molar-refractivity contribution in [3.63, 3.8) is 0 Å². The van der Waals surface area contributed by atoms with Crippen LogP contribution in [0.15, 0.2) is 42.3 Å². The fourth-order valence-electron chi connectivity index (χ4n) is 3.11. The predicted octanol–water partition coefficient (Wildman–Crippen LogP) is 3.70. The Bertz CT molecular complexity index is 1090. The van der Waals surface area contributed by atoms with Crippen molar-refractivity contribution in [1.82, 2.24) is 20.3 Å². The van der Waals surface area contributed by atoms with Crippen LogP contribution in [0.4, 0.5) is 16.4 Å². The number of carbonyl (C=O) groups is 2. The molecule has 0 aliphatic heterocycles. The summed E-state index contributed by atoms with van der Waals surface area (Å²) >= 11 is 1.32. The highest BCUT2D eigenvalue weighted by Gasteiger charge is 2.28. The van der Waals surface area contributed by atoms with Crippen LogP contribution in [0.3, 0.4) is 0 Å². The second-order valence-corrected chi connectivity index (χ2v) is 8.44. The van der Waals surface area contributed by atoms with Crippen molar-refractivity contribution in [2.75, 3.05) is 10.6 Å². The van der Waals surface area contributed by atoms with Crippen LogP contribution < -0.4 is 16.0 Å². The molecule has 2 aliphatic rings. The molecule has 2 fully saturated rings. The number of hydrogen-bond acceptors (Lipinski definition) is 7. The highest BCUT2D eigenvalue weighted by molar-refractivity contribution is 7.14. The highest BCUT2D eigenvalue weighted by Crippen LogP contribution is 2.40. The fourth-order valence-corrected chi connectivity index (χ4v) is 3.89. The maximum atomic E-state index is 13.2.